The highest BCUT2D eigenvalue weighted by Gasteiger charge is 2.28. The molecule has 2 amide bonds. The molecule has 0 aliphatic carbocycles. The van der Waals surface area contributed by atoms with Gasteiger partial charge in [0.25, 0.3) is 0 Å². The van der Waals surface area contributed by atoms with E-state index in [1.165, 1.54) is 6.34 Å². The first kappa shape index (κ1) is 11.3. The number of amides is 2. The van der Waals surface area contributed by atoms with Crippen molar-refractivity contribution in [3.8, 4) is 0 Å². The lowest BCUT2D eigenvalue weighted by atomic mass is 9.96. The van der Waals surface area contributed by atoms with Crippen molar-refractivity contribution in [2.75, 3.05) is 0 Å². The average molecular weight is 233 g/mol. The zero-order chi connectivity index (χ0) is 12.6. The number of carbonyl (C=O) groups excluding carboxylic acids is 2. The zero-order valence-electron chi connectivity index (χ0n) is 9.68. The van der Waals surface area contributed by atoms with Gasteiger partial charge in [0.2, 0.25) is 11.9 Å². The third kappa shape index (κ3) is 2.17. The van der Waals surface area contributed by atoms with Gasteiger partial charge in [0.1, 0.15) is 6.34 Å². The molecule has 2 aliphatic rings. The van der Waals surface area contributed by atoms with Gasteiger partial charge in [0.05, 0.1) is 0 Å². The second-order valence-electron chi connectivity index (χ2n) is 4.60. The fourth-order valence-electron chi connectivity index (χ4n) is 1.11. The van der Waals surface area contributed by atoms with Gasteiger partial charge in [-0.05, 0) is 0 Å². The van der Waals surface area contributed by atoms with Crippen LogP contribution in [0.2, 0.25) is 0 Å². The average Bonchev–Trinajstić information content (AvgIpc) is 2.64. The zero-order valence-corrected chi connectivity index (χ0v) is 9.68. The normalized spacial score (nSPS) is 18.3. The van der Waals surface area contributed by atoms with E-state index >= 15 is 0 Å². The van der Waals surface area contributed by atoms with E-state index in [4.69, 9.17) is 0 Å². The summed E-state index contributed by atoms with van der Waals surface area (Å²) in [5, 5.41) is 2.48. The first-order chi connectivity index (χ1) is 7.88. The Bertz CT molecular complexity index is 519. The number of guanidine groups is 1. The van der Waals surface area contributed by atoms with E-state index in [1.54, 1.807) is 20.8 Å². The molecule has 2 aliphatic heterocycles. The summed E-state index contributed by atoms with van der Waals surface area (Å²) in [6.45, 7) is 5.25. The summed E-state index contributed by atoms with van der Waals surface area (Å²) in [5.41, 5.74) is -0.474. The van der Waals surface area contributed by atoms with Gasteiger partial charge in [-0.1, -0.05) is 20.8 Å². The maximum absolute atomic E-state index is 11.7. The molecule has 2 heterocycles. The van der Waals surface area contributed by atoms with Gasteiger partial charge in [0, 0.05) is 5.41 Å². The van der Waals surface area contributed by atoms with Crippen molar-refractivity contribution in [3.05, 3.63) is 0 Å². The Hall–Kier alpha value is -2.18. The minimum atomic E-state index is -0.584. The maximum Gasteiger partial charge on any atom is 0.302 e. The Labute approximate surface area is 97.5 Å². The van der Waals surface area contributed by atoms with Crippen LogP contribution in [0.1, 0.15) is 20.8 Å². The summed E-state index contributed by atoms with van der Waals surface area (Å²) in [4.78, 5) is 38.3. The number of nitrogens with one attached hydrogen (secondary N) is 1. The van der Waals surface area contributed by atoms with Gasteiger partial charge < -0.3 is 0 Å². The summed E-state index contributed by atoms with van der Waals surface area (Å²) in [6.07, 6.45) is 1.23. The quantitative estimate of drug-likeness (QED) is 0.633. The molecule has 0 bridgehead atoms. The fraction of sp³-hybridized carbons (Fsp3) is 0.400. The maximum atomic E-state index is 11.7. The Morgan fingerprint density at radius 2 is 2.00 bits per heavy atom. The van der Waals surface area contributed by atoms with Crippen LogP contribution < -0.4 is 5.32 Å². The molecule has 1 N–H and O–H groups in total. The van der Waals surface area contributed by atoms with Crippen LogP contribution >= 0.6 is 0 Å². The van der Waals surface area contributed by atoms with Crippen molar-refractivity contribution in [1.82, 2.24) is 5.32 Å². The second kappa shape index (κ2) is 3.69. The Morgan fingerprint density at radius 3 is 2.65 bits per heavy atom. The molecule has 2 rings (SSSR count). The topological polar surface area (TPSA) is 95.6 Å². The van der Waals surface area contributed by atoms with Gasteiger partial charge in [-0.25, -0.2) is 9.98 Å². The van der Waals surface area contributed by atoms with Crippen molar-refractivity contribution in [2.24, 2.45) is 25.4 Å². The standard InChI is InChI=1S/C10H11N5O2/c1-10(2,3)8(17)15-9-13-6-5(7(16)14-9)11-4-12-6/h4H,1-3H3,(H,14,15,16,17). The van der Waals surface area contributed by atoms with E-state index < -0.39 is 11.3 Å². The summed E-state index contributed by atoms with van der Waals surface area (Å²) in [5.74, 6) is -0.662. The molecule has 0 atom stereocenters. The third-order valence-electron chi connectivity index (χ3n) is 2.11. The molecule has 7 nitrogen and oxygen atoms in total. The summed E-state index contributed by atoms with van der Waals surface area (Å²) in [7, 11) is 0. The lowest BCUT2D eigenvalue weighted by Gasteiger charge is -2.17. The molecular formula is C10H11N5O2. The number of aliphatic imine (C=N–C) groups is 4. The Morgan fingerprint density at radius 1 is 1.29 bits per heavy atom. The molecule has 0 fully saturated rings. The Kier molecular flexibility index (Phi) is 2.45. The minimum absolute atomic E-state index is 0.0390. The highest BCUT2D eigenvalue weighted by atomic mass is 16.2. The number of hydrogen-bond acceptors (Lipinski definition) is 5. The molecule has 7 heteroatoms. The molecule has 0 saturated carbocycles. The van der Waals surface area contributed by atoms with Gasteiger partial charge in [0.15, 0.2) is 11.5 Å². The van der Waals surface area contributed by atoms with Gasteiger partial charge >= 0.3 is 5.91 Å². The molecule has 88 valence electrons. The monoisotopic (exact) mass is 233 g/mol. The Balaban J connectivity index is 2.20. The number of rotatable bonds is 0. The van der Waals surface area contributed by atoms with Crippen molar-refractivity contribution < 1.29 is 9.59 Å². The smallest absolute Gasteiger partial charge is 0.294 e. The SMILES string of the molecule is CC(C)(C)C(=O)NC1=NC(=O)C2=NC=NC2=N1. The lowest BCUT2D eigenvalue weighted by molar-refractivity contribution is -0.126. The van der Waals surface area contributed by atoms with Crippen molar-refractivity contribution >= 4 is 35.7 Å². The molecule has 0 unspecified atom stereocenters. The van der Waals surface area contributed by atoms with Crippen molar-refractivity contribution in [1.29, 1.82) is 0 Å². The number of hydrogen-bond donors (Lipinski definition) is 1. The molecule has 0 spiro atoms. The second-order valence-corrected chi connectivity index (χ2v) is 4.60. The number of fused-ring (bicyclic) bond motifs is 1. The largest absolute Gasteiger partial charge is 0.302 e. The van der Waals surface area contributed by atoms with Crippen LogP contribution in [0.5, 0.6) is 0 Å². The predicted molar refractivity (Wildman–Crippen MR) is 63.4 cm³/mol. The van der Waals surface area contributed by atoms with E-state index in [0.29, 0.717) is 0 Å². The summed E-state index contributed by atoms with van der Waals surface area (Å²) in [6, 6.07) is 0. The van der Waals surface area contributed by atoms with Gasteiger partial charge in [-0.15, -0.1) is 0 Å². The molecule has 0 saturated heterocycles. The van der Waals surface area contributed by atoms with E-state index in [-0.39, 0.29) is 23.4 Å². The fourth-order valence-corrected chi connectivity index (χ4v) is 1.11. The molecule has 0 aromatic heterocycles. The number of nitrogens with zero attached hydrogens (tertiary/aromatic N) is 4. The molecule has 17 heavy (non-hydrogen) atoms. The lowest BCUT2D eigenvalue weighted by Crippen LogP contribution is -2.41. The van der Waals surface area contributed by atoms with Crippen LogP contribution in [-0.2, 0) is 9.59 Å². The van der Waals surface area contributed by atoms with Gasteiger partial charge in [-0.2, -0.15) is 9.98 Å². The molecule has 0 aromatic rings. The molecule has 0 radical (unpaired) electrons. The summed E-state index contributed by atoms with van der Waals surface area (Å²) >= 11 is 0. The minimum Gasteiger partial charge on any atom is -0.294 e. The van der Waals surface area contributed by atoms with Crippen molar-refractivity contribution in [2.45, 2.75) is 20.8 Å². The van der Waals surface area contributed by atoms with Crippen LogP contribution in [0.15, 0.2) is 20.0 Å². The first-order valence-corrected chi connectivity index (χ1v) is 5.02. The van der Waals surface area contributed by atoms with Gasteiger partial charge in [-0.3, -0.25) is 14.9 Å². The van der Waals surface area contributed by atoms with Crippen LogP contribution in [0, 0.1) is 5.41 Å². The van der Waals surface area contributed by atoms with Crippen LogP contribution in [0.25, 0.3) is 0 Å². The highest BCUT2D eigenvalue weighted by molar-refractivity contribution is 6.71. The van der Waals surface area contributed by atoms with Crippen LogP contribution in [0.3, 0.4) is 0 Å². The van der Waals surface area contributed by atoms with E-state index in [1.807, 2.05) is 0 Å². The molecule has 0 aromatic carbocycles. The van der Waals surface area contributed by atoms with E-state index in [2.05, 4.69) is 25.3 Å². The van der Waals surface area contributed by atoms with Crippen LogP contribution in [-0.4, -0.2) is 35.7 Å². The summed E-state index contributed by atoms with van der Waals surface area (Å²) < 4.78 is 0. The number of amidine groups is 1. The predicted octanol–water partition coefficient (Wildman–Crippen LogP) is -0.0737. The first-order valence-electron chi connectivity index (χ1n) is 5.02. The van der Waals surface area contributed by atoms with E-state index in [9.17, 15) is 9.59 Å². The molecular weight excluding hydrogens is 222 g/mol. The highest BCUT2D eigenvalue weighted by Crippen LogP contribution is 2.13. The number of carbonyl (C=O) groups is 2. The van der Waals surface area contributed by atoms with Crippen LogP contribution in [0.4, 0.5) is 0 Å². The van der Waals surface area contributed by atoms with Crippen molar-refractivity contribution in [3.63, 3.8) is 0 Å². The van der Waals surface area contributed by atoms with E-state index in [0.717, 1.165) is 0 Å². The third-order valence-corrected chi connectivity index (χ3v) is 2.11.